The molecular weight excluding hydrogens is 232 g/mol. The molecular formula is C15H19ClO. The van der Waals surface area contributed by atoms with Gasteiger partial charge in [0.25, 0.3) is 0 Å². The van der Waals surface area contributed by atoms with E-state index in [1.165, 1.54) is 31.2 Å². The minimum absolute atomic E-state index is 0.223. The number of aldehydes is 1. The summed E-state index contributed by atoms with van der Waals surface area (Å²) in [7, 11) is 0. The van der Waals surface area contributed by atoms with E-state index in [1.54, 1.807) is 0 Å². The van der Waals surface area contributed by atoms with E-state index in [0.717, 1.165) is 11.3 Å². The van der Waals surface area contributed by atoms with E-state index >= 15 is 0 Å². The first-order valence-electron chi connectivity index (χ1n) is 6.41. The smallest absolute Gasteiger partial charge is 0.123 e. The van der Waals surface area contributed by atoms with Gasteiger partial charge in [0, 0.05) is 10.9 Å². The molecule has 0 spiro atoms. The van der Waals surface area contributed by atoms with Crippen molar-refractivity contribution in [3.63, 3.8) is 0 Å². The first-order valence-corrected chi connectivity index (χ1v) is 6.79. The van der Waals surface area contributed by atoms with Crippen molar-refractivity contribution in [3.05, 3.63) is 34.9 Å². The molecule has 1 aliphatic carbocycles. The van der Waals surface area contributed by atoms with Crippen molar-refractivity contribution in [2.45, 2.75) is 38.5 Å². The molecule has 1 atom stereocenters. The Balaban J connectivity index is 1.95. The van der Waals surface area contributed by atoms with Gasteiger partial charge in [-0.05, 0) is 55.2 Å². The van der Waals surface area contributed by atoms with E-state index < -0.39 is 0 Å². The Morgan fingerprint density at radius 2 is 1.76 bits per heavy atom. The molecule has 0 N–H and O–H groups in total. The molecule has 1 fully saturated rings. The third-order valence-electron chi connectivity index (χ3n) is 4.07. The monoisotopic (exact) mass is 250 g/mol. The van der Waals surface area contributed by atoms with E-state index in [4.69, 9.17) is 11.6 Å². The van der Waals surface area contributed by atoms with Crippen LogP contribution in [0, 0.1) is 11.8 Å². The summed E-state index contributed by atoms with van der Waals surface area (Å²) in [6.45, 7) is 2.04. The van der Waals surface area contributed by atoms with Crippen LogP contribution in [-0.4, -0.2) is 6.29 Å². The molecule has 1 aromatic carbocycles. The molecule has 0 saturated heterocycles. The average molecular weight is 251 g/mol. The zero-order valence-electron chi connectivity index (χ0n) is 10.2. The summed E-state index contributed by atoms with van der Waals surface area (Å²) in [5.74, 6) is 1.47. The maximum absolute atomic E-state index is 10.8. The van der Waals surface area contributed by atoms with Gasteiger partial charge in [-0.2, -0.15) is 0 Å². The van der Waals surface area contributed by atoms with Crippen LogP contribution in [0.25, 0.3) is 0 Å². The highest BCUT2D eigenvalue weighted by atomic mass is 35.5. The lowest BCUT2D eigenvalue weighted by atomic mass is 9.75. The SMILES string of the molecule is CC(C=O)C1CCC(c2ccc(Cl)cc2)CC1. The van der Waals surface area contributed by atoms with Crippen LogP contribution in [0.4, 0.5) is 0 Å². The predicted octanol–water partition coefficient (Wildman–Crippen LogP) is 4.45. The molecule has 0 bridgehead atoms. The minimum atomic E-state index is 0.223. The second-order valence-electron chi connectivity index (χ2n) is 5.16. The minimum Gasteiger partial charge on any atom is -0.303 e. The van der Waals surface area contributed by atoms with Crippen molar-refractivity contribution in [3.8, 4) is 0 Å². The second kappa shape index (κ2) is 5.68. The van der Waals surface area contributed by atoms with Crippen LogP contribution in [-0.2, 0) is 4.79 Å². The van der Waals surface area contributed by atoms with Crippen LogP contribution < -0.4 is 0 Å². The van der Waals surface area contributed by atoms with Crippen LogP contribution >= 0.6 is 11.6 Å². The summed E-state index contributed by atoms with van der Waals surface area (Å²) in [5, 5.41) is 0.803. The molecule has 0 aromatic heterocycles. The van der Waals surface area contributed by atoms with Gasteiger partial charge in [0.1, 0.15) is 6.29 Å². The highest BCUT2D eigenvalue weighted by Crippen LogP contribution is 2.38. The Kier molecular flexibility index (Phi) is 4.22. The number of hydrogen-bond acceptors (Lipinski definition) is 1. The molecule has 1 saturated carbocycles. The molecule has 2 rings (SSSR count). The highest BCUT2D eigenvalue weighted by molar-refractivity contribution is 6.30. The Labute approximate surface area is 108 Å². The standard InChI is InChI=1S/C15H19ClO/c1-11(10-17)12-2-4-13(5-3-12)14-6-8-15(16)9-7-14/h6-13H,2-5H2,1H3. The van der Waals surface area contributed by atoms with Gasteiger partial charge >= 0.3 is 0 Å². The van der Waals surface area contributed by atoms with Crippen molar-refractivity contribution < 1.29 is 4.79 Å². The van der Waals surface area contributed by atoms with Crippen molar-refractivity contribution in [1.82, 2.24) is 0 Å². The fourth-order valence-corrected chi connectivity index (χ4v) is 2.95. The normalized spacial score (nSPS) is 26.5. The van der Waals surface area contributed by atoms with Crippen molar-refractivity contribution in [2.24, 2.45) is 11.8 Å². The molecule has 17 heavy (non-hydrogen) atoms. The van der Waals surface area contributed by atoms with Gasteiger partial charge in [-0.1, -0.05) is 30.7 Å². The van der Waals surface area contributed by atoms with Gasteiger partial charge in [0.15, 0.2) is 0 Å². The van der Waals surface area contributed by atoms with E-state index in [2.05, 4.69) is 12.1 Å². The van der Waals surface area contributed by atoms with E-state index in [1.807, 2.05) is 19.1 Å². The summed E-state index contributed by atoms with van der Waals surface area (Å²) >= 11 is 5.90. The molecule has 0 aliphatic heterocycles. The molecule has 1 unspecified atom stereocenters. The van der Waals surface area contributed by atoms with Crippen LogP contribution in [0.15, 0.2) is 24.3 Å². The van der Waals surface area contributed by atoms with Crippen LogP contribution in [0.1, 0.15) is 44.1 Å². The molecule has 1 nitrogen and oxygen atoms in total. The van der Waals surface area contributed by atoms with Crippen molar-refractivity contribution in [2.75, 3.05) is 0 Å². The Morgan fingerprint density at radius 3 is 2.29 bits per heavy atom. The van der Waals surface area contributed by atoms with E-state index in [0.29, 0.717) is 11.8 Å². The lowest BCUT2D eigenvalue weighted by Crippen LogP contribution is -2.20. The van der Waals surface area contributed by atoms with Gasteiger partial charge in [0.2, 0.25) is 0 Å². The fraction of sp³-hybridized carbons (Fsp3) is 0.533. The summed E-state index contributed by atoms with van der Waals surface area (Å²) in [6, 6.07) is 8.21. The predicted molar refractivity (Wildman–Crippen MR) is 71.4 cm³/mol. The molecule has 0 heterocycles. The van der Waals surface area contributed by atoms with Crippen molar-refractivity contribution >= 4 is 17.9 Å². The zero-order valence-corrected chi connectivity index (χ0v) is 11.0. The third kappa shape index (κ3) is 3.10. The molecule has 0 radical (unpaired) electrons. The van der Waals surface area contributed by atoms with E-state index in [9.17, 15) is 4.79 Å². The number of halogens is 1. The Morgan fingerprint density at radius 1 is 1.18 bits per heavy atom. The zero-order chi connectivity index (χ0) is 12.3. The number of carbonyl (C=O) groups excluding carboxylic acids is 1. The topological polar surface area (TPSA) is 17.1 Å². The van der Waals surface area contributed by atoms with Gasteiger partial charge < -0.3 is 4.79 Å². The highest BCUT2D eigenvalue weighted by Gasteiger charge is 2.25. The van der Waals surface area contributed by atoms with Gasteiger partial charge in [-0.25, -0.2) is 0 Å². The maximum Gasteiger partial charge on any atom is 0.123 e. The van der Waals surface area contributed by atoms with Crippen molar-refractivity contribution in [1.29, 1.82) is 0 Å². The third-order valence-corrected chi connectivity index (χ3v) is 4.32. The summed E-state index contributed by atoms with van der Waals surface area (Å²) in [6.07, 6.45) is 5.85. The first-order chi connectivity index (χ1) is 8.20. The fourth-order valence-electron chi connectivity index (χ4n) is 2.82. The second-order valence-corrected chi connectivity index (χ2v) is 5.59. The molecule has 0 amide bonds. The van der Waals surface area contributed by atoms with Gasteiger partial charge in [-0.15, -0.1) is 0 Å². The summed E-state index contributed by atoms with van der Waals surface area (Å²) in [5.41, 5.74) is 1.40. The summed E-state index contributed by atoms with van der Waals surface area (Å²) in [4.78, 5) is 10.8. The molecule has 2 heteroatoms. The number of rotatable bonds is 3. The Bertz CT molecular complexity index is 363. The van der Waals surface area contributed by atoms with Crippen LogP contribution in [0.2, 0.25) is 5.02 Å². The largest absolute Gasteiger partial charge is 0.303 e. The first kappa shape index (κ1) is 12.6. The van der Waals surface area contributed by atoms with Crippen LogP contribution in [0.5, 0.6) is 0 Å². The van der Waals surface area contributed by atoms with E-state index in [-0.39, 0.29) is 5.92 Å². The average Bonchev–Trinajstić information content (AvgIpc) is 2.39. The molecule has 92 valence electrons. The van der Waals surface area contributed by atoms with Crippen LogP contribution in [0.3, 0.4) is 0 Å². The molecule has 1 aromatic rings. The summed E-state index contributed by atoms with van der Waals surface area (Å²) < 4.78 is 0. The quantitative estimate of drug-likeness (QED) is 0.725. The number of benzene rings is 1. The lowest BCUT2D eigenvalue weighted by Gasteiger charge is -2.30. The van der Waals surface area contributed by atoms with Gasteiger partial charge in [0.05, 0.1) is 0 Å². The maximum atomic E-state index is 10.8. The van der Waals surface area contributed by atoms with Gasteiger partial charge in [-0.3, -0.25) is 0 Å². The number of carbonyl (C=O) groups is 1. The molecule has 1 aliphatic rings. The Hall–Kier alpha value is -0.820. The lowest BCUT2D eigenvalue weighted by molar-refractivity contribution is -0.112. The number of hydrogen-bond donors (Lipinski definition) is 0.